The van der Waals surface area contributed by atoms with Crippen LogP contribution >= 0.6 is 0 Å². The molecule has 27 heavy (non-hydrogen) atoms. The minimum atomic E-state index is -0.244. The van der Waals surface area contributed by atoms with Crippen LogP contribution in [0.5, 0.6) is 0 Å². The van der Waals surface area contributed by atoms with Crippen LogP contribution in [0.15, 0.2) is 53.5 Å². The Labute approximate surface area is 161 Å². The second-order valence-corrected chi connectivity index (χ2v) is 7.24. The number of likely N-dealkylation sites (N-methyl/N-ethyl adjacent to an activating group) is 2. The van der Waals surface area contributed by atoms with Crippen molar-refractivity contribution in [2.45, 2.75) is 6.54 Å². The number of benzene rings is 1. The van der Waals surface area contributed by atoms with Gasteiger partial charge in [0.1, 0.15) is 5.56 Å². The van der Waals surface area contributed by atoms with Crippen molar-refractivity contribution in [2.75, 3.05) is 54.4 Å². The molecule has 146 valence electrons. The van der Waals surface area contributed by atoms with Gasteiger partial charge >= 0.3 is 0 Å². The van der Waals surface area contributed by atoms with Gasteiger partial charge in [0, 0.05) is 32.4 Å². The molecule has 0 saturated carbocycles. The van der Waals surface area contributed by atoms with E-state index in [0.29, 0.717) is 19.6 Å². The van der Waals surface area contributed by atoms with Crippen LogP contribution in [0.1, 0.15) is 15.9 Å². The molecule has 0 radical (unpaired) electrons. The summed E-state index contributed by atoms with van der Waals surface area (Å²) in [6, 6.07) is 13.2. The highest BCUT2D eigenvalue weighted by atomic mass is 16.2. The van der Waals surface area contributed by atoms with Gasteiger partial charge in [-0.2, -0.15) is 0 Å². The summed E-state index contributed by atoms with van der Waals surface area (Å²) in [5, 5.41) is 0. The SMILES string of the molecule is CN(C)CCN(CCN(C)C)C(=O)c1cccn(Cc2ccccc2)c1=O. The lowest BCUT2D eigenvalue weighted by molar-refractivity contribution is 0.0731. The Bertz CT molecular complexity index is 772. The lowest BCUT2D eigenvalue weighted by Crippen LogP contribution is -2.43. The zero-order chi connectivity index (χ0) is 19.8. The number of pyridine rings is 1. The monoisotopic (exact) mass is 370 g/mol. The molecule has 1 amide bonds. The van der Waals surface area contributed by atoms with Crippen LogP contribution in [-0.4, -0.2) is 79.5 Å². The molecule has 0 spiro atoms. The summed E-state index contributed by atoms with van der Waals surface area (Å²) < 4.78 is 1.60. The Morgan fingerprint density at radius 3 is 2.00 bits per heavy atom. The molecule has 1 aromatic heterocycles. The van der Waals surface area contributed by atoms with Crippen molar-refractivity contribution in [2.24, 2.45) is 0 Å². The maximum absolute atomic E-state index is 13.1. The van der Waals surface area contributed by atoms with Gasteiger partial charge < -0.3 is 19.3 Å². The smallest absolute Gasteiger partial charge is 0.263 e. The molecule has 2 rings (SSSR count). The predicted octanol–water partition coefficient (Wildman–Crippen LogP) is 1.46. The first-order valence-electron chi connectivity index (χ1n) is 9.20. The molecule has 0 unspecified atom stereocenters. The van der Waals surface area contributed by atoms with Crippen molar-refractivity contribution in [1.29, 1.82) is 0 Å². The Morgan fingerprint density at radius 1 is 0.852 bits per heavy atom. The number of aromatic nitrogens is 1. The molecule has 6 nitrogen and oxygen atoms in total. The zero-order valence-corrected chi connectivity index (χ0v) is 16.8. The van der Waals surface area contributed by atoms with Crippen molar-refractivity contribution < 1.29 is 4.79 Å². The number of hydrogen-bond acceptors (Lipinski definition) is 4. The summed E-state index contributed by atoms with van der Waals surface area (Å²) in [6.45, 7) is 3.14. The fraction of sp³-hybridized carbons (Fsp3) is 0.429. The maximum Gasteiger partial charge on any atom is 0.263 e. The van der Waals surface area contributed by atoms with Gasteiger partial charge in [0.15, 0.2) is 0 Å². The third kappa shape index (κ3) is 6.34. The molecule has 0 aliphatic carbocycles. The lowest BCUT2D eigenvalue weighted by Gasteiger charge is -2.26. The average Bonchev–Trinajstić information content (AvgIpc) is 2.63. The van der Waals surface area contributed by atoms with Gasteiger partial charge in [0.05, 0.1) is 6.54 Å². The van der Waals surface area contributed by atoms with Crippen molar-refractivity contribution >= 4 is 5.91 Å². The maximum atomic E-state index is 13.1. The van der Waals surface area contributed by atoms with Gasteiger partial charge in [-0.3, -0.25) is 9.59 Å². The molecule has 6 heteroatoms. The summed E-state index contributed by atoms with van der Waals surface area (Å²) in [6.07, 6.45) is 1.73. The van der Waals surface area contributed by atoms with E-state index in [9.17, 15) is 9.59 Å². The number of hydrogen-bond donors (Lipinski definition) is 0. The van der Waals surface area contributed by atoms with Crippen molar-refractivity contribution in [1.82, 2.24) is 19.3 Å². The van der Waals surface area contributed by atoms with E-state index in [1.165, 1.54) is 0 Å². The minimum absolute atomic E-state index is 0.203. The van der Waals surface area contributed by atoms with Crippen molar-refractivity contribution in [3.05, 3.63) is 70.1 Å². The Balaban J connectivity index is 2.23. The molecule has 0 aliphatic rings. The van der Waals surface area contributed by atoms with Gasteiger partial charge in [-0.15, -0.1) is 0 Å². The van der Waals surface area contributed by atoms with Crippen molar-refractivity contribution in [3.8, 4) is 0 Å². The fourth-order valence-corrected chi connectivity index (χ4v) is 2.73. The van der Waals surface area contributed by atoms with E-state index < -0.39 is 0 Å². The van der Waals surface area contributed by atoms with Crippen LogP contribution in [0.4, 0.5) is 0 Å². The quantitative estimate of drug-likeness (QED) is 0.671. The lowest BCUT2D eigenvalue weighted by atomic mass is 10.2. The molecule has 2 aromatic rings. The number of rotatable bonds is 9. The summed E-state index contributed by atoms with van der Waals surface area (Å²) in [5.41, 5.74) is 1.01. The topological polar surface area (TPSA) is 48.8 Å². The first-order valence-corrected chi connectivity index (χ1v) is 9.20. The first kappa shape index (κ1) is 20.9. The Hall–Kier alpha value is -2.44. The molecule has 1 aromatic carbocycles. The number of carbonyl (C=O) groups is 1. The predicted molar refractivity (Wildman–Crippen MR) is 109 cm³/mol. The van der Waals surface area contributed by atoms with E-state index in [1.807, 2.05) is 68.3 Å². The van der Waals surface area contributed by atoms with E-state index >= 15 is 0 Å². The van der Waals surface area contributed by atoms with E-state index in [-0.39, 0.29) is 17.0 Å². The Morgan fingerprint density at radius 2 is 1.44 bits per heavy atom. The molecule has 1 heterocycles. The summed E-state index contributed by atoms with van der Waals surface area (Å²) >= 11 is 0. The van der Waals surface area contributed by atoms with Crippen LogP contribution in [0, 0.1) is 0 Å². The van der Waals surface area contributed by atoms with Gasteiger partial charge in [0.2, 0.25) is 0 Å². The normalized spacial score (nSPS) is 11.2. The zero-order valence-electron chi connectivity index (χ0n) is 16.8. The van der Waals surface area contributed by atoms with Crippen LogP contribution < -0.4 is 5.56 Å². The summed E-state index contributed by atoms with van der Waals surface area (Å²) in [7, 11) is 7.90. The summed E-state index contributed by atoms with van der Waals surface area (Å²) in [5.74, 6) is -0.203. The van der Waals surface area contributed by atoms with Crippen LogP contribution in [0.25, 0.3) is 0 Å². The third-order valence-electron chi connectivity index (χ3n) is 4.37. The van der Waals surface area contributed by atoms with Gasteiger partial charge in [0.25, 0.3) is 11.5 Å². The molecule has 0 saturated heterocycles. The number of amides is 1. The highest BCUT2D eigenvalue weighted by Crippen LogP contribution is 2.04. The van der Waals surface area contributed by atoms with Crippen molar-refractivity contribution in [3.63, 3.8) is 0 Å². The highest BCUT2D eigenvalue weighted by molar-refractivity contribution is 5.93. The van der Waals surface area contributed by atoms with E-state index in [1.54, 1.807) is 27.8 Å². The second kappa shape index (κ2) is 10.0. The first-order chi connectivity index (χ1) is 12.9. The molecule has 0 N–H and O–H groups in total. The van der Waals surface area contributed by atoms with Gasteiger partial charge in [-0.05, 0) is 45.9 Å². The second-order valence-electron chi connectivity index (χ2n) is 7.24. The van der Waals surface area contributed by atoms with Gasteiger partial charge in [-0.1, -0.05) is 30.3 Å². The van der Waals surface area contributed by atoms with Crippen LogP contribution in [0.2, 0.25) is 0 Å². The number of carbonyl (C=O) groups excluding carboxylic acids is 1. The van der Waals surface area contributed by atoms with E-state index in [4.69, 9.17) is 0 Å². The molecule has 0 atom stereocenters. The molecule has 0 aliphatic heterocycles. The Kier molecular flexibility index (Phi) is 7.76. The van der Waals surface area contributed by atoms with Gasteiger partial charge in [-0.25, -0.2) is 0 Å². The van der Waals surface area contributed by atoms with E-state index in [2.05, 4.69) is 0 Å². The average molecular weight is 370 g/mol. The summed E-state index contributed by atoms with van der Waals surface area (Å²) in [4.78, 5) is 31.8. The molecular weight excluding hydrogens is 340 g/mol. The molecule has 0 fully saturated rings. The largest absolute Gasteiger partial charge is 0.336 e. The van der Waals surface area contributed by atoms with Crippen LogP contribution in [-0.2, 0) is 6.54 Å². The van der Waals surface area contributed by atoms with E-state index in [0.717, 1.165) is 18.7 Å². The molecule has 0 bridgehead atoms. The highest BCUT2D eigenvalue weighted by Gasteiger charge is 2.20. The minimum Gasteiger partial charge on any atom is -0.336 e. The standard InChI is InChI=1S/C21H30N4O2/c1-22(2)13-15-24(16-14-23(3)4)20(26)19-11-8-12-25(21(19)27)17-18-9-6-5-7-10-18/h5-12H,13-17H2,1-4H3. The third-order valence-corrected chi connectivity index (χ3v) is 4.37. The fourth-order valence-electron chi connectivity index (χ4n) is 2.73. The molecular formula is C21H30N4O2. The van der Waals surface area contributed by atoms with Crippen LogP contribution in [0.3, 0.4) is 0 Å². The number of nitrogens with zero attached hydrogens (tertiary/aromatic N) is 4.